The van der Waals surface area contributed by atoms with E-state index >= 15 is 0 Å². The summed E-state index contributed by atoms with van der Waals surface area (Å²) in [6.45, 7) is 10.6. The molecule has 1 aromatic carbocycles. The molecule has 0 atom stereocenters. The topological polar surface area (TPSA) is 15.3 Å². The van der Waals surface area contributed by atoms with Crippen LogP contribution < -0.4 is 5.32 Å². The van der Waals surface area contributed by atoms with Crippen LogP contribution in [0.4, 0.5) is 0 Å². The van der Waals surface area contributed by atoms with Gasteiger partial charge in [0.25, 0.3) is 0 Å². The van der Waals surface area contributed by atoms with Gasteiger partial charge in [-0.15, -0.1) is 0 Å². The van der Waals surface area contributed by atoms with E-state index in [2.05, 4.69) is 48.3 Å². The molecule has 1 saturated heterocycles. The molecule has 1 aromatic rings. The summed E-state index contributed by atoms with van der Waals surface area (Å²) in [5, 5.41) is 3.56. The molecule has 0 unspecified atom stereocenters. The zero-order valence-corrected chi connectivity index (χ0v) is 13.2. The van der Waals surface area contributed by atoms with Crippen LogP contribution in [0.2, 0.25) is 0 Å². The molecule has 2 rings (SSSR count). The number of likely N-dealkylation sites (tertiary alicyclic amines) is 1. The maximum Gasteiger partial charge on any atom is 0.0205 e. The Morgan fingerprint density at radius 2 is 1.75 bits per heavy atom. The van der Waals surface area contributed by atoms with Crippen LogP contribution in [0.3, 0.4) is 0 Å². The highest BCUT2D eigenvalue weighted by molar-refractivity contribution is 5.22. The summed E-state index contributed by atoms with van der Waals surface area (Å²) in [6.07, 6.45) is 5.16. The molecule has 0 bridgehead atoms. The van der Waals surface area contributed by atoms with Gasteiger partial charge in [-0.3, -0.25) is 0 Å². The summed E-state index contributed by atoms with van der Waals surface area (Å²) < 4.78 is 0. The molecule has 2 nitrogen and oxygen atoms in total. The predicted molar refractivity (Wildman–Crippen MR) is 87.0 cm³/mol. The number of nitrogens with one attached hydrogen (secondary N) is 1. The molecule has 0 aromatic heterocycles. The summed E-state index contributed by atoms with van der Waals surface area (Å²) >= 11 is 0. The van der Waals surface area contributed by atoms with Gasteiger partial charge in [-0.25, -0.2) is 0 Å². The van der Waals surface area contributed by atoms with Crippen molar-refractivity contribution in [2.24, 2.45) is 5.92 Å². The van der Waals surface area contributed by atoms with Crippen molar-refractivity contribution >= 4 is 0 Å². The average molecular weight is 274 g/mol. The minimum atomic E-state index is 0.940. The van der Waals surface area contributed by atoms with Crippen LogP contribution in [-0.4, -0.2) is 31.1 Å². The largest absolute Gasteiger partial charge is 0.313 e. The summed E-state index contributed by atoms with van der Waals surface area (Å²) in [5.74, 6) is 0.940. The fraction of sp³-hybridized carbons (Fsp3) is 0.667. The Kier molecular flexibility index (Phi) is 6.55. The van der Waals surface area contributed by atoms with Gasteiger partial charge < -0.3 is 10.2 Å². The Morgan fingerprint density at radius 1 is 1.10 bits per heavy atom. The molecule has 0 spiro atoms. The van der Waals surface area contributed by atoms with Crippen LogP contribution in [0.15, 0.2) is 24.3 Å². The molecular formula is C18H30N2. The number of benzene rings is 1. The number of piperidine rings is 1. The summed E-state index contributed by atoms with van der Waals surface area (Å²) in [7, 11) is 0. The van der Waals surface area contributed by atoms with E-state index < -0.39 is 0 Å². The van der Waals surface area contributed by atoms with Gasteiger partial charge in [-0.2, -0.15) is 0 Å². The first-order chi connectivity index (χ1) is 9.78. The SMILES string of the molecule is CCc1ccc(CNCCCN2CCC(C)CC2)cc1. The van der Waals surface area contributed by atoms with Crippen LogP contribution in [0, 0.1) is 5.92 Å². The highest BCUT2D eigenvalue weighted by Crippen LogP contribution is 2.15. The minimum absolute atomic E-state index is 0.940. The zero-order chi connectivity index (χ0) is 14.2. The van der Waals surface area contributed by atoms with Crippen molar-refractivity contribution in [1.29, 1.82) is 0 Å². The average Bonchev–Trinajstić information content (AvgIpc) is 2.49. The molecule has 0 aliphatic carbocycles. The zero-order valence-electron chi connectivity index (χ0n) is 13.2. The summed E-state index contributed by atoms with van der Waals surface area (Å²) in [5.41, 5.74) is 2.82. The number of aryl methyl sites for hydroxylation is 1. The number of rotatable bonds is 7. The molecular weight excluding hydrogens is 244 g/mol. The van der Waals surface area contributed by atoms with Crippen LogP contribution in [-0.2, 0) is 13.0 Å². The van der Waals surface area contributed by atoms with Gasteiger partial charge in [0, 0.05) is 6.54 Å². The first kappa shape index (κ1) is 15.5. The van der Waals surface area contributed by atoms with Crippen molar-refractivity contribution in [1.82, 2.24) is 10.2 Å². The van der Waals surface area contributed by atoms with Gasteiger partial charge in [0.05, 0.1) is 0 Å². The maximum atomic E-state index is 3.56. The molecule has 112 valence electrons. The second-order valence-electron chi connectivity index (χ2n) is 6.22. The quantitative estimate of drug-likeness (QED) is 0.766. The molecule has 1 aliphatic rings. The Bertz CT molecular complexity index is 364. The van der Waals surface area contributed by atoms with Gasteiger partial charge in [0.15, 0.2) is 0 Å². The third-order valence-electron chi connectivity index (χ3n) is 4.46. The first-order valence-corrected chi connectivity index (χ1v) is 8.29. The maximum absolute atomic E-state index is 3.56. The van der Waals surface area contributed by atoms with Gasteiger partial charge in [0.1, 0.15) is 0 Å². The van der Waals surface area contributed by atoms with Gasteiger partial charge >= 0.3 is 0 Å². The van der Waals surface area contributed by atoms with Crippen molar-refractivity contribution < 1.29 is 0 Å². The molecule has 1 heterocycles. The summed E-state index contributed by atoms with van der Waals surface area (Å²) in [6, 6.07) is 8.98. The van der Waals surface area contributed by atoms with Gasteiger partial charge in [0.2, 0.25) is 0 Å². The fourth-order valence-corrected chi connectivity index (χ4v) is 2.84. The third kappa shape index (κ3) is 5.26. The van der Waals surface area contributed by atoms with Crippen molar-refractivity contribution in [2.45, 2.75) is 46.1 Å². The standard InChI is InChI=1S/C18H30N2/c1-3-17-5-7-18(8-6-17)15-19-11-4-12-20-13-9-16(2)10-14-20/h5-8,16,19H,3-4,9-15H2,1-2H3. The van der Waals surface area contributed by atoms with Crippen LogP contribution in [0.25, 0.3) is 0 Å². The Hall–Kier alpha value is -0.860. The molecule has 1 N–H and O–H groups in total. The molecule has 1 aliphatic heterocycles. The highest BCUT2D eigenvalue weighted by Gasteiger charge is 2.14. The lowest BCUT2D eigenvalue weighted by atomic mass is 9.99. The van der Waals surface area contributed by atoms with Crippen molar-refractivity contribution in [3.05, 3.63) is 35.4 Å². The number of hydrogen-bond acceptors (Lipinski definition) is 2. The second-order valence-corrected chi connectivity index (χ2v) is 6.22. The van der Waals surface area contributed by atoms with Crippen LogP contribution in [0.5, 0.6) is 0 Å². The number of hydrogen-bond donors (Lipinski definition) is 1. The van der Waals surface area contributed by atoms with E-state index in [0.717, 1.165) is 25.4 Å². The van der Waals surface area contributed by atoms with E-state index in [1.54, 1.807) is 0 Å². The molecule has 0 amide bonds. The lowest BCUT2D eigenvalue weighted by Crippen LogP contribution is -2.34. The second kappa shape index (κ2) is 8.43. The molecule has 2 heteroatoms. The molecule has 0 saturated carbocycles. The molecule has 20 heavy (non-hydrogen) atoms. The van der Waals surface area contributed by atoms with Crippen LogP contribution >= 0.6 is 0 Å². The summed E-state index contributed by atoms with van der Waals surface area (Å²) in [4.78, 5) is 2.62. The van der Waals surface area contributed by atoms with Crippen molar-refractivity contribution in [2.75, 3.05) is 26.2 Å². The number of nitrogens with zero attached hydrogens (tertiary/aromatic N) is 1. The van der Waals surface area contributed by atoms with E-state index in [1.807, 2.05) is 0 Å². The monoisotopic (exact) mass is 274 g/mol. The highest BCUT2D eigenvalue weighted by atomic mass is 15.1. The van der Waals surface area contributed by atoms with E-state index in [4.69, 9.17) is 0 Å². The van der Waals surface area contributed by atoms with Crippen molar-refractivity contribution in [3.8, 4) is 0 Å². The normalized spacial score (nSPS) is 17.5. The van der Waals surface area contributed by atoms with E-state index in [0.29, 0.717) is 0 Å². The Morgan fingerprint density at radius 3 is 2.40 bits per heavy atom. The molecule has 0 radical (unpaired) electrons. The Labute approximate surface area is 124 Å². The van der Waals surface area contributed by atoms with E-state index in [-0.39, 0.29) is 0 Å². The lowest BCUT2D eigenvalue weighted by Gasteiger charge is -2.30. The van der Waals surface area contributed by atoms with Crippen molar-refractivity contribution in [3.63, 3.8) is 0 Å². The lowest BCUT2D eigenvalue weighted by molar-refractivity contribution is 0.190. The third-order valence-corrected chi connectivity index (χ3v) is 4.46. The van der Waals surface area contributed by atoms with E-state index in [1.165, 1.54) is 50.0 Å². The van der Waals surface area contributed by atoms with E-state index in [9.17, 15) is 0 Å². The van der Waals surface area contributed by atoms with Crippen LogP contribution in [0.1, 0.15) is 44.2 Å². The first-order valence-electron chi connectivity index (χ1n) is 8.29. The van der Waals surface area contributed by atoms with Gasteiger partial charge in [-0.05, 0) is 68.9 Å². The smallest absolute Gasteiger partial charge is 0.0205 e. The Balaban J connectivity index is 1.55. The minimum Gasteiger partial charge on any atom is -0.313 e. The fourth-order valence-electron chi connectivity index (χ4n) is 2.84. The molecule has 1 fully saturated rings. The predicted octanol–water partition coefficient (Wildman–Crippen LogP) is 3.46. The van der Waals surface area contributed by atoms with Gasteiger partial charge in [-0.1, -0.05) is 38.1 Å².